The first-order valence-corrected chi connectivity index (χ1v) is 8.51. The number of hydrogen-bond acceptors (Lipinski definition) is 5. The van der Waals surface area contributed by atoms with Crippen LogP contribution in [0.15, 0.2) is 36.5 Å². The number of aryl methyl sites for hydroxylation is 1. The molecule has 1 aromatic heterocycles. The molecule has 1 unspecified atom stereocenters. The van der Waals surface area contributed by atoms with Gasteiger partial charge in [0.15, 0.2) is 11.6 Å². The summed E-state index contributed by atoms with van der Waals surface area (Å²) in [6.45, 7) is 2.81. The summed E-state index contributed by atoms with van der Waals surface area (Å²) in [6.07, 6.45) is 3.65. The molecule has 0 aliphatic carbocycles. The van der Waals surface area contributed by atoms with Gasteiger partial charge >= 0.3 is 0 Å². The molecule has 1 aromatic carbocycles. The quantitative estimate of drug-likeness (QED) is 0.872. The number of methoxy groups -OCH3 is 1. The zero-order valence-electron chi connectivity index (χ0n) is 14.5. The Hall–Kier alpha value is -2.18. The SMILES string of the molecule is COc1cccc(CN2CCOC(CCc3ccnc(N)c3)C2)c1F. The molecular weight excluding hydrogens is 321 g/mol. The van der Waals surface area contributed by atoms with Crippen molar-refractivity contribution in [3.05, 3.63) is 53.5 Å². The van der Waals surface area contributed by atoms with Crippen LogP contribution in [0.25, 0.3) is 0 Å². The molecule has 6 heteroatoms. The lowest BCUT2D eigenvalue weighted by molar-refractivity contribution is -0.0348. The third-order valence-electron chi connectivity index (χ3n) is 4.48. The molecule has 0 bridgehead atoms. The number of morpholine rings is 1. The lowest BCUT2D eigenvalue weighted by Crippen LogP contribution is -2.42. The van der Waals surface area contributed by atoms with Gasteiger partial charge in [0.25, 0.3) is 0 Å². The molecule has 1 aliphatic rings. The lowest BCUT2D eigenvalue weighted by atomic mass is 10.1. The van der Waals surface area contributed by atoms with Crippen molar-refractivity contribution in [1.29, 1.82) is 0 Å². The first-order valence-electron chi connectivity index (χ1n) is 8.51. The minimum Gasteiger partial charge on any atom is -0.494 e. The highest BCUT2D eigenvalue weighted by Gasteiger charge is 2.22. The minimum absolute atomic E-state index is 0.136. The molecule has 2 aromatic rings. The number of benzene rings is 1. The minimum atomic E-state index is -0.277. The topological polar surface area (TPSA) is 60.6 Å². The molecule has 0 radical (unpaired) electrons. The van der Waals surface area contributed by atoms with Gasteiger partial charge < -0.3 is 15.2 Å². The maximum atomic E-state index is 14.3. The van der Waals surface area contributed by atoms with E-state index in [0.29, 0.717) is 24.5 Å². The Morgan fingerprint density at radius 3 is 3.08 bits per heavy atom. The summed E-state index contributed by atoms with van der Waals surface area (Å²) < 4.78 is 25.3. The van der Waals surface area contributed by atoms with E-state index in [1.807, 2.05) is 24.3 Å². The van der Waals surface area contributed by atoms with Crippen molar-refractivity contribution in [2.24, 2.45) is 0 Å². The smallest absolute Gasteiger partial charge is 0.169 e. The van der Waals surface area contributed by atoms with E-state index in [9.17, 15) is 4.39 Å². The van der Waals surface area contributed by atoms with Crippen LogP contribution in [0.2, 0.25) is 0 Å². The number of anilines is 1. The van der Waals surface area contributed by atoms with Crippen LogP contribution in [0.5, 0.6) is 5.75 Å². The predicted molar refractivity (Wildman–Crippen MR) is 94.9 cm³/mol. The molecule has 0 spiro atoms. The van der Waals surface area contributed by atoms with Crippen molar-refractivity contribution in [3.63, 3.8) is 0 Å². The summed E-state index contributed by atoms with van der Waals surface area (Å²) in [6, 6.07) is 9.14. The van der Waals surface area contributed by atoms with Gasteiger partial charge in [-0.3, -0.25) is 4.90 Å². The number of halogens is 1. The van der Waals surface area contributed by atoms with Crippen molar-refractivity contribution >= 4 is 5.82 Å². The molecule has 1 atom stereocenters. The molecule has 1 fully saturated rings. The maximum Gasteiger partial charge on any atom is 0.169 e. The van der Waals surface area contributed by atoms with E-state index >= 15 is 0 Å². The molecule has 2 N–H and O–H groups in total. The zero-order chi connectivity index (χ0) is 17.6. The van der Waals surface area contributed by atoms with Gasteiger partial charge in [-0.1, -0.05) is 12.1 Å². The third-order valence-corrected chi connectivity index (χ3v) is 4.48. The Morgan fingerprint density at radius 1 is 1.40 bits per heavy atom. The van der Waals surface area contributed by atoms with Crippen LogP contribution in [-0.2, 0) is 17.7 Å². The molecule has 0 saturated carbocycles. The van der Waals surface area contributed by atoms with E-state index in [0.717, 1.165) is 31.5 Å². The van der Waals surface area contributed by atoms with Crippen LogP contribution in [-0.4, -0.2) is 42.8 Å². The normalized spacial score (nSPS) is 18.2. The molecular formula is C19H24FN3O2. The van der Waals surface area contributed by atoms with Crippen molar-refractivity contribution in [3.8, 4) is 5.75 Å². The van der Waals surface area contributed by atoms with Crippen LogP contribution in [0.1, 0.15) is 17.5 Å². The molecule has 0 amide bonds. The average molecular weight is 345 g/mol. The number of ether oxygens (including phenoxy) is 2. The fourth-order valence-corrected chi connectivity index (χ4v) is 3.15. The zero-order valence-corrected chi connectivity index (χ0v) is 14.5. The molecule has 2 heterocycles. The Bertz CT molecular complexity index is 711. The van der Waals surface area contributed by atoms with E-state index in [1.165, 1.54) is 7.11 Å². The van der Waals surface area contributed by atoms with Gasteiger partial charge in [0, 0.05) is 31.4 Å². The second kappa shape index (κ2) is 8.27. The van der Waals surface area contributed by atoms with E-state index < -0.39 is 0 Å². The first kappa shape index (κ1) is 17.6. The lowest BCUT2D eigenvalue weighted by Gasteiger charge is -2.33. The Balaban J connectivity index is 1.56. The van der Waals surface area contributed by atoms with E-state index in [4.69, 9.17) is 15.2 Å². The Labute approximate surface area is 147 Å². The highest BCUT2D eigenvalue weighted by Crippen LogP contribution is 2.22. The van der Waals surface area contributed by atoms with Crippen molar-refractivity contribution in [2.75, 3.05) is 32.5 Å². The fraction of sp³-hybridized carbons (Fsp3) is 0.421. The molecule has 3 rings (SSSR count). The monoisotopic (exact) mass is 345 g/mol. The van der Waals surface area contributed by atoms with Gasteiger partial charge in [0.05, 0.1) is 19.8 Å². The summed E-state index contributed by atoms with van der Waals surface area (Å²) in [5, 5.41) is 0. The first-order chi connectivity index (χ1) is 12.2. The highest BCUT2D eigenvalue weighted by atomic mass is 19.1. The molecule has 1 saturated heterocycles. The van der Waals surface area contributed by atoms with Crippen LogP contribution < -0.4 is 10.5 Å². The number of nitrogens with two attached hydrogens (primary N) is 1. The van der Waals surface area contributed by atoms with Crippen molar-refractivity contribution < 1.29 is 13.9 Å². The molecule has 1 aliphatic heterocycles. The van der Waals surface area contributed by atoms with Crippen LogP contribution >= 0.6 is 0 Å². The van der Waals surface area contributed by atoms with Crippen molar-refractivity contribution in [1.82, 2.24) is 9.88 Å². The summed E-state index contributed by atoms with van der Waals surface area (Å²) in [7, 11) is 1.48. The van der Waals surface area contributed by atoms with Crippen LogP contribution in [0.3, 0.4) is 0 Å². The molecule has 25 heavy (non-hydrogen) atoms. The predicted octanol–water partition coefficient (Wildman–Crippen LogP) is 2.65. The van der Waals surface area contributed by atoms with Crippen LogP contribution in [0.4, 0.5) is 10.2 Å². The van der Waals surface area contributed by atoms with Crippen molar-refractivity contribution in [2.45, 2.75) is 25.5 Å². The Morgan fingerprint density at radius 2 is 2.28 bits per heavy atom. The maximum absolute atomic E-state index is 14.3. The third kappa shape index (κ3) is 4.67. The standard InChI is InChI=1S/C19H24FN3O2/c1-24-17-4-2-3-15(19(17)20)12-23-9-10-25-16(13-23)6-5-14-7-8-22-18(21)11-14/h2-4,7-8,11,16H,5-6,9-10,12-13H2,1H3,(H2,21,22). The van der Waals surface area contributed by atoms with Gasteiger partial charge in [-0.05, 0) is 36.6 Å². The van der Waals surface area contributed by atoms with Crippen LogP contribution in [0, 0.1) is 5.82 Å². The summed E-state index contributed by atoms with van der Waals surface area (Å²) in [5.41, 5.74) is 7.53. The largest absolute Gasteiger partial charge is 0.494 e. The van der Waals surface area contributed by atoms with E-state index in [1.54, 1.807) is 12.3 Å². The number of nitrogens with zero attached hydrogens (tertiary/aromatic N) is 2. The van der Waals surface area contributed by atoms with Gasteiger partial charge in [-0.2, -0.15) is 0 Å². The van der Waals surface area contributed by atoms with E-state index in [-0.39, 0.29) is 17.7 Å². The number of nitrogen functional groups attached to an aromatic ring is 1. The number of aromatic nitrogens is 1. The van der Waals surface area contributed by atoms with Gasteiger partial charge in [-0.25, -0.2) is 9.37 Å². The number of pyridine rings is 1. The van der Waals surface area contributed by atoms with Gasteiger partial charge in [0.2, 0.25) is 0 Å². The summed E-state index contributed by atoms with van der Waals surface area (Å²) in [4.78, 5) is 6.24. The van der Waals surface area contributed by atoms with E-state index in [2.05, 4.69) is 9.88 Å². The summed E-state index contributed by atoms with van der Waals surface area (Å²) >= 11 is 0. The average Bonchev–Trinajstić information content (AvgIpc) is 2.62. The highest BCUT2D eigenvalue weighted by molar-refractivity contribution is 5.32. The second-order valence-electron chi connectivity index (χ2n) is 6.29. The van der Waals surface area contributed by atoms with Gasteiger partial charge in [-0.15, -0.1) is 0 Å². The molecule has 5 nitrogen and oxygen atoms in total. The van der Waals surface area contributed by atoms with Gasteiger partial charge in [0.1, 0.15) is 5.82 Å². The number of hydrogen-bond donors (Lipinski definition) is 1. The fourth-order valence-electron chi connectivity index (χ4n) is 3.15. The number of rotatable bonds is 6. The summed E-state index contributed by atoms with van der Waals surface area (Å²) in [5.74, 6) is 0.551. The molecule has 134 valence electrons. The Kier molecular flexibility index (Phi) is 5.83. The second-order valence-corrected chi connectivity index (χ2v) is 6.29.